The lowest BCUT2D eigenvalue weighted by Crippen LogP contribution is -2.31. The number of amides is 2. The van der Waals surface area contributed by atoms with Gasteiger partial charge in [-0.25, -0.2) is 0 Å². The highest BCUT2D eigenvalue weighted by Crippen LogP contribution is 2.19. The van der Waals surface area contributed by atoms with E-state index in [4.69, 9.17) is 4.42 Å². The molecule has 2 aromatic carbocycles. The molecule has 2 amide bonds. The standard InChI is InChI=1S/C21H16IN3O5/c1-13-6-8-14(9-7-13)23-21(27)18(12-15-10-11-19(30-15)25(28)29)24-20(26)16-4-2-3-5-17(16)22/h2-12H,1H3,(H,23,27)(H,24,26). The van der Waals surface area contributed by atoms with E-state index in [2.05, 4.69) is 10.6 Å². The van der Waals surface area contributed by atoms with E-state index in [1.54, 1.807) is 36.4 Å². The van der Waals surface area contributed by atoms with Crippen LogP contribution in [0.2, 0.25) is 0 Å². The third-order valence-corrected chi connectivity index (χ3v) is 4.94. The average Bonchev–Trinajstić information content (AvgIpc) is 3.18. The summed E-state index contributed by atoms with van der Waals surface area (Å²) >= 11 is 2.02. The van der Waals surface area contributed by atoms with E-state index in [1.807, 2.05) is 41.6 Å². The summed E-state index contributed by atoms with van der Waals surface area (Å²) in [5.41, 5.74) is 1.83. The SMILES string of the molecule is Cc1ccc(NC(=O)C(=Cc2ccc([N+](=O)[O-])o2)NC(=O)c2ccccc2I)cc1. The molecule has 1 heterocycles. The summed E-state index contributed by atoms with van der Waals surface area (Å²) in [5, 5.41) is 16.1. The molecule has 0 spiro atoms. The van der Waals surface area contributed by atoms with Gasteiger partial charge < -0.3 is 15.1 Å². The molecule has 0 aliphatic carbocycles. The fourth-order valence-electron chi connectivity index (χ4n) is 2.49. The normalized spacial score (nSPS) is 11.1. The summed E-state index contributed by atoms with van der Waals surface area (Å²) in [5.74, 6) is -1.51. The Kier molecular flexibility index (Phi) is 6.62. The third kappa shape index (κ3) is 5.32. The second kappa shape index (κ2) is 9.35. The Hall–Kier alpha value is -3.47. The largest absolute Gasteiger partial charge is 0.433 e. The molecule has 0 atom stereocenters. The highest BCUT2D eigenvalue weighted by atomic mass is 127. The zero-order chi connectivity index (χ0) is 21.7. The zero-order valence-electron chi connectivity index (χ0n) is 15.7. The van der Waals surface area contributed by atoms with Crippen LogP contribution in [0.15, 0.2) is 70.8 Å². The van der Waals surface area contributed by atoms with Crippen molar-refractivity contribution in [2.75, 3.05) is 5.32 Å². The monoisotopic (exact) mass is 517 g/mol. The van der Waals surface area contributed by atoms with Crippen LogP contribution in [0.5, 0.6) is 0 Å². The van der Waals surface area contributed by atoms with Gasteiger partial charge >= 0.3 is 5.88 Å². The number of hydrogen-bond donors (Lipinski definition) is 2. The number of nitrogens with zero attached hydrogens (tertiary/aromatic N) is 1. The molecular weight excluding hydrogens is 501 g/mol. The highest BCUT2D eigenvalue weighted by Gasteiger charge is 2.18. The minimum atomic E-state index is -0.686. The van der Waals surface area contributed by atoms with Gasteiger partial charge in [0.15, 0.2) is 0 Å². The van der Waals surface area contributed by atoms with Crippen LogP contribution in [0.4, 0.5) is 11.6 Å². The van der Waals surface area contributed by atoms with Crippen molar-refractivity contribution in [3.8, 4) is 0 Å². The average molecular weight is 517 g/mol. The Morgan fingerprint density at radius 2 is 1.77 bits per heavy atom. The minimum Gasteiger partial charge on any atom is -0.401 e. The summed E-state index contributed by atoms with van der Waals surface area (Å²) in [7, 11) is 0. The van der Waals surface area contributed by atoms with Gasteiger partial charge in [0.2, 0.25) is 0 Å². The van der Waals surface area contributed by atoms with E-state index >= 15 is 0 Å². The molecule has 8 nitrogen and oxygen atoms in total. The molecule has 0 saturated heterocycles. The predicted molar refractivity (Wildman–Crippen MR) is 120 cm³/mol. The van der Waals surface area contributed by atoms with Gasteiger partial charge in [0.25, 0.3) is 11.8 Å². The van der Waals surface area contributed by atoms with Crippen molar-refractivity contribution in [2.45, 2.75) is 6.92 Å². The van der Waals surface area contributed by atoms with Crippen LogP contribution in [-0.2, 0) is 4.79 Å². The maximum Gasteiger partial charge on any atom is 0.433 e. The van der Waals surface area contributed by atoms with Crippen LogP contribution in [0, 0.1) is 20.6 Å². The molecule has 9 heteroatoms. The van der Waals surface area contributed by atoms with Crippen LogP contribution in [0.3, 0.4) is 0 Å². The number of halogens is 1. The van der Waals surface area contributed by atoms with Gasteiger partial charge in [0.1, 0.15) is 16.4 Å². The zero-order valence-corrected chi connectivity index (χ0v) is 17.9. The van der Waals surface area contributed by atoms with Crippen molar-refractivity contribution in [3.63, 3.8) is 0 Å². The third-order valence-electron chi connectivity index (χ3n) is 4.00. The Labute approximate surface area is 185 Å². The predicted octanol–water partition coefficient (Wildman–Crippen LogP) is 4.51. The van der Waals surface area contributed by atoms with E-state index in [1.165, 1.54) is 18.2 Å². The fraction of sp³-hybridized carbons (Fsp3) is 0.0476. The first kappa shape index (κ1) is 21.2. The minimum absolute atomic E-state index is 0.0545. The van der Waals surface area contributed by atoms with Gasteiger partial charge in [-0.15, -0.1) is 0 Å². The molecule has 3 aromatic rings. The van der Waals surface area contributed by atoms with Crippen molar-refractivity contribution in [2.24, 2.45) is 0 Å². The number of anilines is 1. The molecule has 30 heavy (non-hydrogen) atoms. The highest BCUT2D eigenvalue weighted by molar-refractivity contribution is 14.1. The molecule has 1 aromatic heterocycles. The molecule has 2 N–H and O–H groups in total. The van der Waals surface area contributed by atoms with Gasteiger partial charge in [-0.1, -0.05) is 29.8 Å². The summed E-state index contributed by atoms with van der Waals surface area (Å²) in [6, 6.07) is 16.5. The number of nitrogens with one attached hydrogen (secondary N) is 2. The van der Waals surface area contributed by atoms with Crippen molar-refractivity contribution in [1.29, 1.82) is 0 Å². The van der Waals surface area contributed by atoms with Gasteiger partial charge in [-0.3, -0.25) is 19.7 Å². The van der Waals surface area contributed by atoms with Crippen LogP contribution in [0.25, 0.3) is 6.08 Å². The van der Waals surface area contributed by atoms with Gasteiger partial charge in [0.05, 0.1) is 11.6 Å². The van der Waals surface area contributed by atoms with Gasteiger partial charge in [-0.05, 0) is 59.8 Å². The van der Waals surface area contributed by atoms with E-state index < -0.39 is 22.6 Å². The van der Waals surface area contributed by atoms with Crippen LogP contribution >= 0.6 is 22.6 Å². The number of aryl methyl sites for hydroxylation is 1. The molecule has 3 rings (SSSR count). The van der Waals surface area contributed by atoms with E-state index in [0.717, 1.165) is 5.56 Å². The number of benzene rings is 2. The van der Waals surface area contributed by atoms with Crippen molar-refractivity contribution >= 4 is 52.1 Å². The van der Waals surface area contributed by atoms with Crippen molar-refractivity contribution < 1.29 is 18.9 Å². The number of carbonyl (C=O) groups is 2. The summed E-state index contributed by atoms with van der Waals surface area (Å²) in [6.07, 6.45) is 1.24. The quantitative estimate of drug-likeness (QED) is 0.216. The molecule has 0 aliphatic heterocycles. The molecular formula is C21H16IN3O5. The van der Waals surface area contributed by atoms with E-state index in [9.17, 15) is 19.7 Å². The van der Waals surface area contributed by atoms with E-state index in [0.29, 0.717) is 14.8 Å². The number of nitro groups is 1. The van der Waals surface area contributed by atoms with Crippen LogP contribution in [-0.4, -0.2) is 16.7 Å². The Balaban J connectivity index is 1.90. The molecule has 0 saturated carbocycles. The first-order valence-electron chi connectivity index (χ1n) is 8.73. The summed E-state index contributed by atoms with van der Waals surface area (Å²) in [4.78, 5) is 35.7. The number of hydrogen-bond acceptors (Lipinski definition) is 5. The Morgan fingerprint density at radius 1 is 1.07 bits per heavy atom. The topological polar surface area (TPSA) is 114 Å². The molecule has 0 bridgehead atoms. The summed E-state index contributed by atoms with van der Waals surface area (Å²) in [6.45, 7) is 1.92. The second-order valence-electron chi connectivity index (χ2n) is 6.25. The lowest BCUT2D eigenvalue weighted by Gasteiger charge is -2.11. The Morgan fingerprint density at radius 3 is 2.40 bits per heavy atom. The van der Waals surface area contributed by atoms with Crippen LogP contribution in [0.1, 0.15) is 21.7 Å². The molecule has 0 fully saturated rings. The lowest BCUT2D eigenvalue weighted by atomic mass is 10.2. The van der Waals surface area contributed by atoms with Crippen LogP contribution < -0.4 is 10.6 Å². The first-order valence-corrected chi connectivity index (χ1v) is 9.81. The van der Waals surface area contributed by atoms with Crippen molar-refractivity contribution in [3.05, 3.63) is 96.9 Å². The fourth-order valence-corrected chi connectivity index (χ4v) is 3.12. The molecule has 0 radical (unpaired) electrons. The van der Waals surface area contributed by atoms with Crippen molar-refractivity contribution in [1.82, 2.24) is 5.32 Å². The second-order valence-corrected chi connectivity index (χ2v) is 7.41. The van der Waals surface area contributed by atoms with Gasteiger partial charge in [0, 0.05) is 15.3 Å². The maximum atomic E-state index is 12.8. The Bertz CT molecular complexity index is 1140. The lowest BCUT2D eigenvalue weighted by molar-refractivity contribution is -0.402. The van der Waals surface area contributed by atoms with E-state index in [-0.39, 0.29) is 11.5 Å². The molecule has 152 valence electrons. The number of furan rings is 1. The number of carbonyl (C=O) groups excluding carboxylic acids is 2. The molecule has 0 aliphatic rings. The first-order chi connectivity index (χ1) is 14.3. The number of rotatable bonds is 6. The van der Waals surface area contributed by atoms with Gasteiger partial charge in [-0.2, -0.15) is 0 Å². The molecule has 0 unspecified atom stereocenters. The summed E-state index contributed by atoms with van der Waals surface area (Å²) < 4.78 is 5.80. The smallest absolute Gasteiger partial charge is 0.401 e. The maximum absolute atomic E-state index is 12.8.